The summed E-state index contributed by atoms with van der Waals surface area (Å²) in [5.74, 6) is -0.841. The van der Waals surface area contributed by atoms with Gasteiger partial charge >= 0.3 is 12.1 Å². The Hall–Kier alpha value is -1.79. The van der Waals surface area contributed by atoms with Crippen LogP contribution in [0.5, 0.6) is 0 Å². The van der Waals surface area contributed by atoms with Crippen LogP contribution in [0.3, 0.4) is 0 Å². The molecule has 0 aromatic rings. The number of hydrogen-bond acceptors (Lipinski definition) is 4. The Balaban J connectivity index is 2.94. The minimum Gasteiger partial charge on any atom is -0.467 e. The number of ether oxygens (including phenoxy) is 1. The molecular formula is C13H22N2O5. The van der Waals surface area contributed by atoms with Crippen LogP contribution in [-0.2, 0) is 14.3 Å². The van der Waals surface area contributed by atoms with Crippen molar-refractivity contribution in [1.82, 2.24) is 10.2 Å². The number of nitrogens with one attached hydrogen (secondary N) is 1. The monoisotopic (exact) mass is 286 g/mol. The highest BCUT2D eigenvalue weighted by Crippen LogP contribution is 2.26. The molecule has 7 heteroatoms. The molecule has 2 amide bonds. The molecule has 1 saturated heterocycles. The fourth-order valence-corrected chi connectivity index (χ4v) is 2.35. The van der Waals surface area contributed by atoms with Gasteiger partial charge in [0.15, 0.2) is 0 Å². The lowest BCUT2D eigenvalue weighted by atomic mass is 9.85. The van der Waals surface area contributed by atoms with Crippen molar-refractivity contribution in [2.24, 2.45) is 5.41 Å². The van der Waals surface area contributed by atoms with Gasteiger partial charge in [0.25, 0.3) is 0 Å². The summed E-state index contributed by atoms with van der Waals surface area (Å²) >= 11 is 0. The average molecular weight is 286 g/mol. The molecule has 1 fully saturated rings. The smallest absolute Gasteiger partial charge is 0.405 e. The predicted octanol–water partition coefficient (Wildman–Crippen LogP) is 0.833. The van der Waals surface area contributed by atoms with Crippen LogP contribution in [0.4, 0.5) is 4.79 Å². The van der Waals surface area contributed by atoms with E-state index in [9.17, 15) is 14.4 Å². The van der Waals surface area contributed by atoms with Crippen molar-refractivity contribution < 1.29 is 24.2 Å². The van der Waals surface area contributed by atoms with Crippen LogP contribution < -0.4 is 5.32 Å². The number of carbonyl (C=O) groups is 3. The van der Waals surface area contributed by atoms with Crippen molar-refractivity contribution in [3.63, 3.8) is 0 Å². The van der Waals surface area contributed by atoms with Gasteiger partial charge in [-0.15, -0.1) is 0 Å². The molecule has 20 heavy (non-hydrogen) atoms. The van der Waals surface area contributed by atoms with Gasteiger partial charge in [-0.2, -0.15) is 0 Å². The standard InChI is InChI=1S/C13H22N2O5/c1-13(2,3)9(14-12(18)19)10(16)15-7-5-6-8(15)11(17)20-4/h8-9,14H,5-7H2,1-4H3,(H,18,19). The van der Waals surface area contributed by atoms with Crippen molar-refractivity contribution in [3.8, 4) is 0 Å². The molecule has 2 atom stereocenters. The zero-order valence-electron chi connectivity index (χ0n) is 12.3. The van der Waals surface area contributed by atoms with E-state index in [1.807, 2.05) is 0 Å². The van der Waals surface area contributed by atoms with Gasteiger partial charge < -0.3 is 20.1 Å². The van der Waals surface area contributed by atoms with Crippen LogP contribution >= 0.6 is 0 Å². The summed E-state index contributed by atoms with van der Waals surface area (Å²) in [5, 5.41) is 11.1. The molecule has 0 saturated carbocycles. The van der Waals surface area contributed by atoms with E-state index < -0.39 is 29.6 Å². The molecule has 0 radical (unpaired) electrons. The van der Waals surface area contributed by atoms with Crippen LogP contribution in [0.15, 0.2) is 0 Å². The number of hydrogen-bond donors (Lipinski definition) is 2. The number of likely N-dealkylation sites (tertiary alicyclic amines) is 1. The summed E-state index contributed by atoms with van der Waals surface area (Å²) in [6, 6.07) is -1.52. The van der Waals surface area contributed by atoms with Crippen LogP contribution in [0.25, 0.3) is 0 Å². The van der Waals surface area contributed by atoms with Gasteiger partial charge in [0.2, 0.25) is 5.91 Å². The molecule has 0 aliphatic carbocycles. The lowest BCUT2D eigenvalue weighted by molar-refractivity contribution is -0.152. The quantitative estimate of drug-likeness (QED) is 0.749. The van der Waals surface area contributed by atoms with Gasteiger partial charge in [-0.1, -0.05) is 20.8 Å². The van der Waals surface area contributed by atoms with E-state index >= 15 is 0 Å². The maximum absolute atomic E-state index is 12.6. The van der Waals surface area contributed by atoms with Gasteiger partial charge in [-0.3, -0.25) is 4.79 Å². The molecule has 0 aromatic heterocycles. The van der Waals surface area contributed by atoms with Gasteiger partial charge in [0.1, 0.15) is 12.1 Å². The molecule has 114 valence electrons. The molecule has 1 aliphatic rings. The van der Waals surface area contributed by atoms with Crippen LogP contribution in [0, 0.1) is 5.41 Å². The predicted molar refractivity (Wildman–Crippen MR) is 71.2 cm³/mol. The van der Waals surface area contributed by atoms with Gasteiger partial charge in [-0.05, 0) is 18.3 Å². The zero-order valence-corrected chi connectivity index (χ0v) is 12.3. The number of carboxylic acid groups (broad SMARTS) is 1. The van der Waals surface area contributed by atoms with Gasteiger partial charge in [-0.25, -0.2) is 9.59 Å². The fourth-order valence-electron chi connectivity index (χ4n) is 2.35. The molecular weight excluding hydrogens is 264 g/mol. The first kappa shape index (κ1) is 16.3. The summed E-state index contributed by atoms with van der Waals surface area (Å²) in [6.07, 6.45) is -0.00952. The van der Waals surface area contributed by atoms with Crippen molar-refractivity contribution in [3.05, 3.63) is 0 Å². The number of amides is 2. The molecule has 0 bridgehead atoms. The van der Waals surface area contributed by atoms with E-state index in [4.69, 9.17) is 9.84 Å². The Morgan fingerprint density at radius 3 is 2.40 bits per heavy atom. The van der Waals surface area contributed by atoms with Crippen LogP contribution in [-0.4, -0.2) is 53.7 Å². The highest BCUT2D eigenvalue weighted by atomic mass is 16.5. The van der Waals surface area contributed by atoms with E-state index in [0.29, 0.717) is 19.4 Å². The highest BCUT2D eigenvalue weighted by Gasteiger charge is 2.42. The molecule has 0 aromatic carbocycles. The van der Waals surface area contributed by atoms with Crippen molar-refractivity contribution in [2.45, 2.75) is 45.7 Å². The maximum atomic E-state index is 12.6. The van der Waals surface area contributed by atoms with E-state index in [1.54, 1.807) is 20.8 Å². The minimum absolute atomic E-state index is 0.382. The van der Waals surface area contributed by atoms with E-state index in [1.165, 1.54) is 12.0 Å². The SMILES string of the molecule is COC(=O)C1CCCN1C(=O)C(NC(=O)O)C(C)(C)C. The Labute approximate surface area is 118 Å². The summed E-state index contributed by atoms with van der Waals surface area (Å²) in [4.78, 5) is 36.5. The lowest BCUT2D eigenvalue weighted by Crippen LogP contribution is -2.56. The Bertz CT molecular complexity index is 402. The van der Waals surface area contributed by atoms with Crippen LogP contribution in [0.2, 0.25) is 0 Å². The number of rotatable bonds is 3. The Morgan fingerprint density at radius 2 is 1.95 bits per heavy atom. The summed E-state index contributed by atoms with van der Waals surface area (Å²) < 4.78 is 4.69. The number of carbonyl (C=O) groups excluding carboxylic acids is 2. The Kier molecular flexibility index (Phi) is 4.97. The maximum Gasteiger partial charge on any atom is 0.405 e. The minimum atomic E-state index is -1.26. The molecule has 1 heterocycles. The molecule has 1 rings (SSSR count). The number of nitrogens with zero attached hydrogens (tertiary/aromatic N) is 1. The van der Waals surface area contributed by atoms with E-state index in [-0.39, 0.29) is 5.91 Å². The molecule has 2 N–H and O–H groups in total. The average Bonchev–Trinajstić information content (AvgIpc) is 2.81. The first-order valence-corrected chi connectivity index (χ1v) is 6.56. The second kappa shape index (κ2) is 6.11. The highest BCUT2D eigenvalue weighted by molar-refractivity contribution is 5.90. The second-order valence-electron chi connectivity index (χ2n) is 5.96. The van der Waals surface area contributed by atoms with Gasteiger partial charge in [0, 0.05) is 6.54 Å². The molecule has 2 unspecified atom stereocenters. The summed E-state index contributed by atoms with van der Waals surface area (Å²) in [7, 11) is 1.28. The first-order chi connectivity index (χ1) is 9.18. The first-order valence-electron chi connectivity index (χ1n) is 6.56. The fraction of sp³-hybridized carbons (Fsp3) is 0.769. The summed E-state index contributed by atoms with van der Waals surface area (Å²) in [6.45, 7) is 5.75. The third kappa shape index (κ3) is 3.61. The normalized spacial score (nSPS) is 20.4. The largest absolute Gasteiger partial charge is 0.467 e. The molecule has 0 spiro atoms. The number of esters is 1. The lowest BCUT2D eigenvalue weighted by Gasteiger charge is -2.34. The van der Waals surface area contributed by atoms with Crippen molar-refractivity contribution >= 4 is 18.0 Å². The number of methoxy groups -OCH3 is 1. The van der Waals surface area contributed by atoms with Gasteiger partial charge in [0.05, 0.1) is 7.11 Å². The molecule has 1 aliphatic heterocycles. The Morgan fingerprint density at radius 1 is 1.35 bits per heavy atom. The second-order valence-corrected chi connectivity index (χ2v) is 5.96. The third-order valence-corrected chi connectivity index (χ3v) is 3.39. The van der Waals surface area contributed by atoms with E-state index in [2.05, 4.69) is 5.32 Å². The summed E-state index contributed by atoms with van der Waals surface area (Å²) in [5.41, 5.74) is -0.585. The van der Waals surface area contributed by atoms with Crippen molar-refractivity contribution in [2.75, 3.05) is 13.7 Å². The zero-order chi connectivity index (χ0) is 15.5. The topological polar surface area (TPSA) is 95.9 Å². The van der Waals surface area contributed by atoms with E-state index in [0.717, 1.165) is 0 Å². The third-order valence-electron chi connectivity index (χ3n) is 3.39. The van der Waals surface area contributed by atoms with Crippen LogP contribution in [0.1, 0.15) is 33.6 Å². The molecule has 7 nitrogen and oxygen atoms in total. The van der Waals surface area contributed by atoms with Crippen molar-refractivity contribution in [1.29, 1.82) is 0 Å².